The number of nitrogens with zero attached hydrogens (tertiary/aromatic N) is 24. The Kier molecular flexibility index (Phi) is 33.6. The second kappa shape index (κ2) is 45.9. The average Bonchev–Trinajstić information content (AvgIpc) is 1.59. The fourth-order valence-electron chi connectivity index (χ4n) is 21.9. The third-order valence-corrected chi connectivity index (χ3v) is 32.5. The quantitative estimate of drug-likeness (QED) is 0.0325. The molecule has 40 heteroatoms. The van der Waals surface area contributed by atoms with E-state index >= 15 is 0 Å². The van der Waals surface area contributed by atoms with Gasteiger partial charge in [0.15, 0.2) is 22.6 Å². The van der Waals surface area contributed by atoms with Gasteiger partial charge in [0.25, 0.3) is 0 Å². The number of primary amides is 2. The van der Waals surface area contributed by atoms with Crippen molar-refractivity contribution in [2.45, 2.75) is 169 Å². The molecule has 0 saturated carbocycles. The van der Waals surface area contributed by atoms with Crippen LogP contribution in [-0.2, 0) is 19.2 Å². The van der Waals surface area contributed by atoms with Crippen LogP contribution in [0.4, 0.5) is 23.3 Å². The van der Waals surface area contributed by atoms with Gasteiger partial charge in [-0.1, -0.05) is 117 Å². The third-order valence-electron chi connectivity index (χ3n) is 30.2. The Hall–Kier alpha value is -9.68. The molecule has 8 saturated heterocycles. The molecule has 0 unspecified atom stereocenters. The minimum atomic E-state index is -0.710. The highest BCUT2D eigenvalue weighted by atomic mass is 35.5. The maximum Gasteiger partial charge on any atom is 0.303 e. The molecule has 8 aliphatic heterocycles. The normalized spacial score (nSPS) is 20.1. The van der Waals surface area contributed by atoms with Crippen LogP contribution in [0.3, 0.4) is 0 Å². The van der Waals surface area contributed by atoms with Crippen LogP contribution in [0, 0.1) is 75.0 Å². The molecule has 0 aliphatic carbocycles. The maximum atomic E-state index is 11.2. The smallest absolute Gasteiger partial charge is 0.303 e. The first kappa shape index (κ1) is 104. The number of carbonyl (C=O) groups excluding carboxylic acids is 2. The highest BCUT2D eigenvalue weighted by Gasteiger charge is 2.43. The van der Waals surface area contributed by atoms with Crippen molar-refractivity contribution < 1.29 is 29.4 Å². The van der Waals surface area contributed by atoms with E-state index in [1.807, 2.05) is 120 Å². The van der Waals surface area contributed by atoms with Crippen molar-refractivity contribution in [3.8, 4) is 0 Å². The number of piperidine rings is 4. The summed E-state index contributed by atoms with van der Waals surface area (Å²) in [5.41, 5.74) is 24.1. The first-order chi connectivity index (χ1) is 68.2. The van der Waals surface area contributed by atoms with Gasteiger partial charge in [0, 0.05) is 157 Å². The molecule has 756 valence electrons. The summed E-state index contributed by atoms with van der Waals surface area (Å²) >= 11 is 50.3. The molecular weight excluding hydrogens is 1970 g/mol. The number of benzene rings is 4. The highest BCUT2D eigenvalue weighted by Crippen LogP contribution is 2.43. The highest BCUT2D eigenvalue weighted by molar-refractivity contribution is 6.37. The van der Waals surface area contributed by atoms with E-state index in [0.717, 1.165) is 257 Å². The van der Waals surface area contributed by atoms with Gasteiger partial charge in [-0.15, -0.1) is 0 Å². The van der Waals surface area contributed by atoms with Gasteiger partial charge in [0.05, 0.1) is 71.7 Å². The maximum absolute atomic E-state index is 11.2. The Labute approximate surface area is 867 Å². The first-order valence-corrected chi connectivity index (χ1v) is 52.8. The largest absolute Gasteiger partial charge is 0.481 e. The molecule has 12 aromatic rings. The van der Waals surface area contributed by atoms with E-state index in [0.29, 0.717) is 100 Å². The number of fused-ring (bicyclic) bond motifs is 4. The van der Waals surface area contributed by atoms with Gasteiger partial charge in [-0.3, -0.25) is 19.2 Å². The lowest BCUT2D eigenvalue weighted by molar-refractivity contribution is -0.138. The monoisotopic (exact) mass is 2090 g/mol. The number of carboxylic acids is 2. The summed E-state index contributed by atoms with van der Waals surface area (Å²) in [7, 11) is 0. The van der Waals surface area contributed by atoms with Crippen LogP contribution < -0.4 is 31.1 Å². The fraction of sp³-hybridized carbons (Fsp3) is 0.529. The predicted octanol–water partition coefficient (Wildman–Crippen LogP) is 18.3. The molecule has 32 nitrogen and oxygen atoms in total. The number of aliphatic carboxylic acids is 2. The Bertz CT molecular complexity index is 6150. The SMILES string of the molecule is Cc1nn([C@H](C)c2ccc(Cl)cc2Cl)c2nc(N3CC([C@@H]4CCCN(CCC(N)=O)C4)C3)cnc12.Cc1nn([C@H](C)c2ccc(Cl)cc2Cl)c2nc(N3CC([C@@H]4CCCN(CCCC(=O)O)C4)C3)cnc12.Cc1nn([C@H](C)c2ccc(Cl)cc2Cl)c2nc(N3CC([C@H]4CCCN(CCC(N)=O)C4)C3)cnc12.Cc1nn([C@H](C)c2ccc(Cl)cc2Cl)c2nc(N3CC([C@H]4CCCN(CCCC(=O)O)C4)C3)cnc12. The Morgan fingerprint density at radius 3 is 0.768 bits per heavy atom. The van der Waals surface area contributed by atoms with E-state index in [1.54, 1.807) is 24.3 Å². The summed E-state index contributed by atoms with van der Waals surface area (Å²) in [6.07, 6.45) is 19.9. The molecule has 0 spiro atoms. The molecule has 6 N–H and O–H groups in total. The standard InChI is InChI=1S/2C26H32Cl2N6O2.2C25H31Cl2N7O/c2*1-16-25-26(34(31-16)17(2)21-8-7-20(27)11-22(21)28)30-23(12-29-25)33-14-19(15-33)18-5-3-9-32(13-18)10-4-6-24(35)36;2*1-15-24-25(34(31-15)16(2)20-6-5-19(26)10-21(20)27)30-23(11-29-24)33-13-18(14-33)17-4-3-8-32(12-17)9-7-22(28)35/h2*7-8,11-12,17-19H,3-6,9-10,13-15H2,1-2H3,(H,35,36);2*5-6,10-11,16-18H,3-4,7-9,12-14H2,1-2H3,(H2,28,35)/t17-,18+;17-,18-;16-,17+;16-,17-/m1111/s1. The van der Waals surface area contributed by atoms with Crippen molar-refractivity contribution in [3.05, 3.63) is 183 Å². The number of carboxylic acid groups (broad SMARTS) is 2. The molecule has 142 heavy (non-hydrogen) atoms. The third kappa shape index (κ3) is 24.2. The Balaban J connectivity index is 0.000000130. The van der Waals surface area contributed by atoms with Crippen LogP contribution in [0.25, 0.3) is 44.7 Å². The number of aromatic nitrogens is 16. The Morgan fingerprint density at radius 2 is 0.556 bits per heavy atom. The average molecular weight is 2100 g/mol. The number of aryl methyl sites for hydroxylation is 4. The number of halogens is 8. The number of anilines is 4. The lowest BCUT2D eigenvalue weighted by Crippen LogP contribution is -2.54. The summed E-state index contributed by atoms with van der Waals surface area (Å²) in [4.78, 5) is 102. The van der Waals surface area contributed by atoms with E-state index in [-0.39, 0.29) is 48.8 Å². The van der Waals surface area contributed by atoms with Gasteiger partial charge in [-0.05, 0) is 277 Å². The van der Waals surface area contributed by atoms with Crippen molar-refractivity contribution in [1.29, 1.82) is 0 Å². The van der Waals surface area contributed by atoms with Crippen LogP contribution in [0.5, 0.6) is 0 Å². The summed E-state index contributed by atoms with van der Waals surface area (Å²) < 4.78 is 7.63. The van der Waals surface area contributed by atoms with Gasteiger partial charge < -0.3 is 60.9 Å². The predicted molar refractivity (Wildman–Crippen MR) is 562 cm³/mol. The minimum Gasteiger partial charge on any atom is -0.481 e. The lowest BCUT2D eigenvalue weighted by Gasteiger charge is -2.47. The van der Waals surface area contributed by atoms with Crippen LogP contribution in [0.2, 0.25) is 40.2 Å². The van der Waals surface area contributed by atoms with Crippen LogP contribution in [-0.4, -0.2) is 263 Å². The van der Waals surface area contributed by atoms with Crippen molar-refractivity contribution >= 4 is 184 Å². The van der Waals surface area contributed by atoms with E-state index in [4.69, 9.17) is 175 Å². The van der Waals surface area contributed by atoms with E-state index in [1.165, 1.54) is 51.4 Å². The topological polar surface area (TPSA) is 361 Å². The molecule has 8 atom stereocenters. The van der Waals surface area contributed by atoms with Crippen molar-refractivity contribution in [3.63, 3.8) is 0 Å². The molecule has 0 bridgehead atoms. The molecule has 4 aromatic carbocycles. The second-order valence-corrected chi connectivity index (χ2v) is 43.4. The zero-order valence-corrected chi connectivity index (χ0v) is 87.7. The second-order valence-electron chi connectivity index (χ2n) is 40.0. The summed E-state index contributed by atoms with van der Waals surface area (Å²) in [5.74, 6) is 6.74. The molecule has 16 heterocycles. The van der Waals surface area contributed by atoms with Gasteiger partial charge >= 0.3 is 11.9 Å². The molecular formula is C102H126Cl8N26O6. The van der Waals surface area contributed by atoms with Crippen LogP contribution in [0.1, 0.15) is 187 Å². The fourth-order valence-corrected chi connectivity index (χ4v) is 24.2. The van der Waals surface area contributed by atoms with Crippen molar-refractivity contribution in [1.82, 2.24) is 98.6 Å². The zero-order valence-electron chi connectivity index (χ0n) is 81.6. The summed E-state index contributed by atoms with van der Waals surface area (Å²) in [6, 6.07) is 21.7. The van der Waals surface area contributed by atoms with Gasteiger partial charge in [0.1, 0.15) is 45.3 Å². The molecule has 8 fully saturated rings. The lowest BCUT2D eigenvalue weighted by atomic mass is 9.80. The summed E-state index contributed by atoms with van der Waals surface area (Å²) in [5, 5.41) is 41.7. The van der Waals surface area contributed by atoms with E-state index in [9.17, 15) is 19.2 Å². The minimum absolute atomic E-state index is 0.113. The van der Waals surface area contributed by atoms with Crippen molar-refractivity contribution in [2.75, 3.05) is 150 Å². The number of carbonyl (C=O) groups is 4. The van der Waals surface area contributed by atoms with Crippen LogP contribution >= 0.6 is 92.8 Å². The van der Waals surface area contributed by atoms with Gasteiger partial charge in [0.2, 0.25) is 11.8 Å². The molecule has 8 aromatic heterocycles. The van der Waals surface area contributed by atoms with E-state index in [2.05, 4.69) is 66.9 Å². The summed E-state index contributed by atoms with van der Waals surface area (Å²) in [6.45, 7) is 35.6. The molecule has 0 radical (unpaired) electrons. The van der Waals surface area contributed by atoms with E-state index < -0.39 is 11.9 Å². The van der Waals surface area contributed by atoms with Gasteiger partial charge in [-0.25, -0.2) is 58.6 Å². The van der Waals surface area contributed by atoms with Crippen molar-refractivity contribution in [2.24, 2.45) is 58.8 Å². The molecule has 2 amide bonds. The molecule has 8 aliphatic rings. The van der Waals surface area contributed by atoms with Crippen LogP contribution in [0.15, 0.2) is 97.6 Å². The van der Waals surface area contributed by atoms with Gasteiger partial charge in [-0.2, -0.15) is 20.4 Å². The number of amides is 2. The zero-order chi connectivity index (χ0) is 100. The first-order valence-electron chi connectivity index (χ1n) is 49.8. The number of hydrogen-bond acceptors (Lipinski definition) is 24. The number of rotatable bonds is 30. The number of hydrogen-bond donors (Lipinski definition) is 4. The molecule has 20 rings (SSSR count). The Morgan fingerprint density at radius 1 is 0.331 bits per heavy atom. The number of likely N-dealkylation sites (tertiary alicyclic amines) is 4. The number of nitrogens with two attached hydrogens (primary N) is 2.